The van der Waals surface area contributed by atoms with Gasteiger partial charge in [-0.3, -0.25) is 4.98 Å². The van der Waals surface area contributed by atoms with E-state index >= 15 is 0 Å². The van der Waals surface area contributed by atoms with E-state index in [0.717, 1.165) is 22.9 Å². The molecule has 2 rings (SSSR count). The van der Waals surface area contributed by atoms with Crippen molar-refractivity contribution in [3.63, 3.8) is 0 Å². The second kappa shape index (κ2) is 8.90. The van der Waals surface area contributed by atoms with Crippen LogP contribution in [0.4, 0.5) is 0 Å². The zero-order valence-corrected chi connectivity index (χ0v) is 13.8. The Morgan fingerprint density at radius 1 is 1.19 bits per heavy atom. The number of aromatic nitrogens is 2. The molecular formula is C17H25N3S. The molecule has 0 spiro atoms. The van der Waals surface area contributed by atoms with Gasteiger partial charge in [0.1, 0.15) is 5.01 Å². The van der Waals surface area contributed by atoms with Gasteiger partial charge in [-0.25, -0.2) is 4.98 Å². The number of thiazole rings is 1. The van der Waals surface area contributed by atoms with Gasteiger partial charge in [-0.05, 0) is 25.0 Å². The predicted octanol–water partition coefficient (Wildman–Crippen LogP) is 4.65. The van der Waals surface area contributed by atoms with Crippen LogP contribution in [0, 0.1) is 0 Å². The van der Waals surface area contributed by atoms with Gasteiger partial charge >= 0.3 is 0 Å². The minimum atomic E-state index is 0.620. The van der Waals surface area contributed by atoms with Gasteiger partial charge in [0.25, 0.3) is 0 Å². The van der Waals surface area contributed by atoms with Crippen LogP contribution in [0.15, 0.2) is 29.8 Å². The van der Waals surface area contributed by atoms with Crippen LogP contribution in [0.5, 0.6) is 0 Å². The Hall–Kier alpha value is -1.26. The Kier molecular flexibility index (Phi) is 6.83. The average Bonchev–Trinajstić information content (AvgIpc) is 3.00. The summed E-state index contributed by atoms with van der Waals surface area (Å²) in [6.07, 6.45) is 8.13. The van der Waals surface area contributed by atoms with E-state index in [0.29, 0.717) is 6.04 Å². The number of hydrogen-bond acceptors (Lipinski definition) is 4. The van der Waals surface area contributed by atoms with Crippen LogP contribution in [0.3, 0.4) is 0 Å². The average molecular weight is 303 g/mol. The molecule has 0 aromatic carbocycles. The molecule has 0 bridgehead atoms. The topological polar surface area (TPSA) is 37.8 Å². The summed E-state index contributed by atoms with van der Waals surface area (Å²) >= 11 is 1.67. The van der Waals surface area contributed by atoms with Gasteiger partial charge in [0.15, 0.2) is 0 Å². The summed E-state index contributed by atoms with van der Waals surface area (Å²) in [5.74, 6) is 0. The maximum absolute atomic E-state index is 4.69. The fraction of sp³-hybridized carbons (Fsp3) is 0.529. The first kappa shape index (κ1) is 16.1. The Balaban J connectivity index is 1.89. The second-order valence-electron chi connectivity index (χ2n) is 5.37. The van der Waals surface area contributed by atoms with Crippen LogP contribution >= 0.6 is 11.3 Å². The lowest BCUT2D eigenvalue weighted by molar-refractivity contribution is 0.432. The minimum absolute atomic E-state index is 0.620. The van der Waals surface area contributed by atoms with E-state index in [1.165, 1.54) is 32.1 Å². The fourth-order valence-electron chi connectivity index (χ4n) is 2.39. The second-order valence-corrected chi connectivity index (χ2v) is 6.23. The molecule has 21 heavy (non-hydrogen) atoms. The first-order valence-electron chi connectivity index (χ1n) is 7.92. The van der Waals surface area contributed by atoms with Gasteiger partial charge in [0.2, 0.25) is 0 Å². The Morgan fingerprint density at radius 3 is 2.81 bits per heavy atom. The first-order valence-corrected chi connectivity index (χ1v) is 8.80. The third-order valence-corrected chi connectivity index (χ3v) is 4.46. The molecule has 1 N–H and O–H groups in total. The van der Waals surface area contributed by atoms with Gasteiger partial charge in [0, 0.05) is 24.2 Å². The maximum Gasteiger partial charge on any atom is 0.142 e. The third kappa shape index (κ3) is 5.21. The number of hydrogen-bond donors (Lipinski definition) is 1. The van der Waals surface area contributed by atoms with Gasteiger partial charge in [-0.15, -0.1) is 11.3 Å². The number of rotatable bonds is 9. The molecule has 2 aromatic rings. The lowest BCUT2D eigenvalue weighted by atomic mass is 10.1. The summed E-state index contributed by atoms with van der Waals surface area (Å²) in [7, 11) is 0. The molecule has 0 saturated carbocycles. The third-order valence-electron chi connectivity index (χ3n) is 3.55. The van der Waals surface area contributed by atoms with Gasteiger partial charge in [-0.2, -0.15) is 0 Å². The summed E-state index contributed by atoms with van der Waals surface area (Å²) < 4.78 is 0. The van der Waals surface area contributed by atoms with Crippen LogP contribution in [-0.4, -0.2) is 16.0 Å². The Bertz CT molecular complexity index is 510. The molecule has 0 radical (unpaired) electrons. The molecule has 0 amide bonds. The lowest BCUT2D eigenvalue weighted by Crippen LogP contribution is -2.28. The summed E-state index contributed by atoms with van der Waals surface area (Å²) in [6, 6.07) is 6.57. The molecule has 0 aliphatic heterocycles. The van der Waals surface area contributed by atoms with E-state index in [1.54, 1.807) is 11.3 Å². The van der Waals surface area contributed by atoms with Crippen LogP contribution < -0.4 is 5.32 Å². The molecule has 3 nitrogen and oxygen atoms in total. The standard InChI is InChI=1S/C17H25N3S/c1-3-5-9-14(8-4-2)19-12-15-13-21-17(20-15)16-10-6-7-11-18-16/h6-7,10-11,13-14,19H,3-5,8-9,12H2,1-2H3. The number of nitrogens with one attached hydrogen (secondary N) is 1. The van der Waals surface area contributed by atoms with E-state index in [1.807, 2.05) is 24.4 Å². The molecule has 4 heteroatoms. The van der Waals surface area contributed by atoms with Crippen LogP contribution in [0.2, 0.25) is 0 Å². The largest absolute Gasteiger partial charge is 0.308 e. The van der Waals surface area contributed by atoms with Crippen molar-refractivity contribution in [3.05, 3.63) is 35.5 Å². The zero-order chi connectivity index (χ0) is 14.9. The first-order chi connectivity index (χ1) is 10.3. The molecule has 2 heterocycles. The number of pyridine rings is 1. The van der Waals surface area contributed by atoms with Crippen molar-refractivity contribution < 1.29 is 0 Å². The highest BCUT2D eigenvalue weighted by Gasteiger charge is 2.09. The smallest absolute Gasteiger partial charge is 0.142 e. The molecule has 0 aliphatic carbocycles. The molecular weight excluding hydrogens is 278 g/mol. The summed E-state index contributed by atoms with van der Waals surface area (Å²) in [4.78, 5) is 9.04. The quantitative estimate of drug-likeness (QED) is 0.732. The Morgan fingerprint density at radius 2 is 2.10 bits per heavy atom. The molecule has 0 aliphatic rings. The van der Waals surface area contributed by atoms with Crippen LogP contribution in [0.1, 0.15) is 51.6 Å². The van der Waals surface area contributed by atoms with Crippen molar-refractivity contribution in [2.75, 3.05) is 0 Å². The van der Waals surface area contributed by atoms with E-state index in [2.05, 4.69) is 34.5 Å². The van der Waals surface area contributed by atoms with Gasteiger partial charge in [0.05, 0.1) is 11.4 Å². The normalized spacial score (nSPS) is 12.5. The summed E-state index contributed by atoms with van der Waals surface area (Å²) in [6.45, 7) is 5.36. The van der Waals surface area contributed by atoms with Gasteiger partial charge in [-0.1, -0.05) is 39.2 Å². The van der Waals surface area contributed by atoms with Crippen LogP contribution in [0.25, 0.3) is 10.7 Å². The molecule has 1 atom stereocenters. The summed E-state index contributed by atoms with van der Waals surface area (Å²) in [5, 5.41) is 6.81. The SMILES string of the molecule is CCCCC(CCC)NCc1csc(-c2ccccn2)n1. The van der Waals surface area contributed by atoms with E-state index in [4.69, 9.17) is 0 Å². The highest BCUT2D eigenvalue weighted by molar-refractivity contribution is 7.13. The molecule has 0 saturated heterocycles. The highest BCUT2D eigenvalue weighted by Crippen LogP contribution is 2.21. The van der Waals surface area contributed by atoms with Crippen molar-refractivity contribution in [1.82, 2.24) is 15.3 Å². The van der Waals surface area contributed by atoms with E-state index in [9.17, 15) is 0 Å². The van der Waals surface area contributed by atoms with Crippen molar-refractivity contribution in [2.45, 2.75) is 58.5 Å². The fourth-order valence-corrected chi connectivity index (χ4v) is 3.19. The van der Waals surface area contributed by atoms with E-state index < -0.39 is 0 Å². The molecule has 2 aromatic heterocycles. The van der Waals surface area contributed by atoms with E-state index in [-0.39, 0.29) is 0 Å². The van der Waals surface area contributed by atoms with Gasteiger partial charge < -0.3 is 5.32 Å². The van der Waals surface area contributed by atoms with Crippen LogP contribution in [-0.2, 0) is 6.54 Å². The molecule has 114 valence electrons. The maximum atomic E-state index is 4.69. The zero-order valence-electron chi connectivity index (χ0n) is 13.0. The lowest BCUT2D eigenvalue weighted by Gasteiger charge is -2.17. The highest BCUT2D eigenvalue weighted by atomic mass is 32.1. The monoisotopic (exact) mass is 303 g/mol. The minimum Gasteiger partial charge on any atom is -0.308 e. The van der Waals surface area contributed by atoms with Crippen molar-refractivity contribution in [2.24, 2.45) is 0 Å². The predicted molar refractivity (Wildman–Crippen MR) is 90.4 cm³/mol. The number of unbranched alkanes of at least 4 members (excludes halogenated alkanes) is 1. The summed E-state index contributed by atoms with van der Waals surface area (Å²) in [5.41, 5.74) is 2.09. The van der Waals surface area contributed by atoms with Crippen molar-refractivity contribution in [1.29, 1.82) is 0 Å². The van der Waals surface area contributed by atoms with Crippen molar-refractivity contribution in [3.8, 4) is 10.7 Å². The molecule has 1 unspecified atom stereocenters. The number of nitrogens with zero attached hydrogens (tertiary/aromatic N) is 2. The van der Waals surface area contributed by atoms with Crippen molar-refractivity contribution >= 4 is 11.3 Å². The molecule has 0 fully saturated rings. The Labute approximate surface area is 131 Å².